The van der Waals surface area contributed by atoms with E-state index in [-0.39, 0.29) is 11.9 Å². The van der Waals surface area contributed by atoms with Crippen molar-refractivity contribution >= 4 is 34.5 Å². The maximum Gasteiger partial charge on any atom is 0.251 e. The van der Waals surface area contributed by atoms with Crippen molar-refractivity contribution in [2.24, 2.45) is 0 Å². The number of hydrogen-bond acceptors (Lipinski definition) is 3. The average molecular weight is 309 g/mol. The molecule has 1 heterocycles. The Hall–Kier alpha value is -1.52. The summed E-state index contributed by atoms with van der Waals surface area (Å²) >= 11 is 7.60. The van der Waals surface area contributed by atoms with Crippen molar-refractivity contribution in [1.29, 1.82) is 0 Å². The number of nitrogen functional groups attached to an aromatic ring is 1. The highest BCUT2D eigenvalue weighted by Gasteiger charge is 2.12. The van der Waals surface area contributed by atoms with Gasteiger partial charge in [0.15, 0.2) is 0 Å². The topological polar surface area (TPSA) is 55.1 Å². The molecule has 0 aliphatic rings. The molecular formula is C15H17ClN2OS. The van der Waals surface area contributed by atoms with Crippen LogP contribution in [0.15, 0.2) is 30.3 Å². The Morgan fingerprint density at radius 2 is 2.15 bits per heavy atom. The zero-order chi connectivity index (χ0) is 14.7. The lowest BCUT2D eigenvalue weighted by molar-refractivity contribution is 0.0940. The van der Waals surface area contributed by atoms with Gasteiger partial charge in [-0.3, -0.25) is 4.79 Å². The van der Waals surface area contributed by atoms with E-state index in [4.69, 9.17) is 17.3 Å². The molecule has 1 amide bonds. The minimum absolute atomic E-state index is 0.0671. The number of aryl methyl sites for hydroxylation is 1. The molecule has 5 heteroatoms. The van der Waals surface area contributed by atoms with Gasteiger partial charge in [0.2, 0.25) is 0 Å². The van der Waals surface area contributed by atoms with Crippen molar-refractivity contribution in [3.8, 4) is 0 Å². The highest BCUT2D eigenvalue weighted by Crippen LogP contribution is 2.20. The number of rotatable bonds is 4. The minimum Gasteiger partial charge on any atom is -0.398 e. The van der Waals surface area contributed by atoms with E-state index >= 15 is 0 Å². The van der Waals surface area contributed by atoms with Crippen molar-refractivity contribution in [2.45, 2.75) is 26.3 Å². The van der Waals surface area contributed by atoms with E-state index in [0.29, 0.717) is 16.3 Å². The largest absolute Gasteiger partial charge is 0.398 e. The minimum atomic E-state index is -0.130. The lowest BCUT2D eigenvalue weighted by Gasteiger charge is -2.13. The molecule has 1 aromatic heterocycles. The first-order valence-corrected chi connectivity index (χ1v) is 7.56. The number of halogens is 1. The van der Waals surface area contributed by atoms with Crippen LogP contribution in [0.3, 0.4) is 0 Å². The van der Waals surface area contributed by atoms with Crippen molar-refractivity contribution < 1.29 is 4.79 Å². The third kappa shape index (κ3) is 3.74. The van der Waals surface area contributed by atoms with Crippen LogP contribution in [-0.4, -0.2) is 11.9 Å². The standard InChI is InChI=1S/C15H17ClN2OS/c1-9(7-12-5-3-10(2)20-12)18-15(19)11-4-6-13(16)14(17)8-11/h3-6,8-9H,7,17H2,1-2H3,(H,18,19). The lowest BCUT2D eigenvalue weighted by atomic mass is 10.1. The Kier molecular flexibility index (Phi) is 4.68. The number of anilines is 1. The van der Waals surface area contributed by atoms with E-state index in [1.54, 1.807) is 29.5 Å². The van der Waals surface area contributed by atoms with Crippen LogP contribution in [-0.2, 0) is 6.42 Å². The highest BCUT2D eigenvalue weighted by molar-refractivity contribution is 7.11. The Labute approximate surface area is 127 Å². The molecule has 3 N–H and O–H groups in total. The average Bonchev–Trinajstić information content (AvgIpc) is 2.77. The Morgan fingerprint density at radius 1 is 1.40 bits per heavy atom. The van der Waals surface area contributed by atoms with Gasteiger partial charge in [-0.1, -0.05) is 11.6 Å². The van der Waals surface area contributed by atoms with E-state index < -0.39 is 0 Å². The summed E-state index contributed by atoms with van der Waals surface area (Å²) in [5.41, 5.74) is 6.65. The van der Waals surface area contributed by atoms with Crippen LogP contribution in [0, 0.1) is 6.92 Å². The third-order valence-electron chi connectivity index (χ3n) is 2.94. The Morgan fingerprint density at radius 3 is 2.75 bits per heavy atom. The molecule has 1 atom stereocenters. The third-order valence-corrected chi connectivity index (χ3v) is 4.31. The SMILES string of the molecule is Cc1ccc(CC(C)NC(=O)c2ccc(Cl)c(N)c2)s1. The van der Waals surface area contributed by atoms with Gasteiger partial charge in [-0.25, -0.2) is 0 Å². The molecule has 0 fully saturated rings. The van der Waals surface area contributed by atoms with Gasteiger partial charge in [0, 0.05) is 27.8 Å². The Bertz CT molecular complexity index is 624. The van der Waals surface area contributed by atoms with E-state index in [1.165, 1.54) is 9.75 Å². The number of carbonyl (C=O) groups excluding carboxylic acids is 1. The summed E-state index contributed by atoms with van der Waals surface area (Å²) in [6.45, 7) is 4.07. The molecule has 2 aromatic rings. The van der Waals surface area contributed by atoms with Gasteiger partial charge >= 0.3 is 0 Å². The molecule has 1 aromatic carbocycles. The summed E-state index contributed by atoms with van der Waals surface area (Å²) in [6, 6.07) is 9.17. The van der Waals surface area contributed by atoms with Crippen LogP contribution in [0.25, 0.3) is 0 Å². The molecule has 0 saturated carbocycles. The fourth-order valence-electron chi connectivity index (χ4n) is 1.94. The molecule has 0 spiro atoms. The predicted octanol–water partition coefficient (Wildman–Crippen LogP) is 3.65. The zero-order valence-corrected chi connectivity index (χ0v) is 13.0. The summed E-state index contributed by atoms with van der Waals surface area (Å²) in [5, 5.41) is 3.43. The lowest BCUT2D eigenvalue weighted by Crippen LogP contribution is -2.33. The van der Waals surface area contributed by atoms with Crippen molar-refractivity contribution in [3.63, 3.8) is 0 Å². The molecule has 20 heavy (non-hydrogen) atoms. The molecule has 0 aliphatic carbocycles. The number of nitrogens with two attached hydrogens (primary N) is 1. The van der Waals surface area contributed by atoms with E-state index in [2.05, 4.69) is 24.4 Å². The van der Waals surface area contributed by atoms with Gasteiger partial charge in [-0.2, -0.15) is 0 Å². The smallest absolute Gasteiger partial charge is 0.251 e. The van der Waals surface area contributed by atoms with Crippen molar-refractivity contribution in [3.05, 3.63) is 50.7 Å². The predicted molar refractivity (Wildman–Crippen MR) is 85.6 cm³/mol. The van der Waals surface area contributed by atoms with Crippen molar-refractivity contribution in [2.75, 3.05) is 5.73 Å². The van der Waals surface area contributed by atoms with E-state index in [9.17, 15) is 4.79 Å². The molecule has 0 bridgehead atoms. The molecule has 0 radical (unpaired) electrons. The second kappa shape index (κ2) is 6.29. The van der Waals surface area contributed by atoms with Crippen LogP contribution < -0.4 is 11.1 Å². The van der Waals surface area contributed by atoms with E-state index in [1.807, 2.05) is 6.92 Å². The first-order chi connectivity index (χ1) is 9.45. The quantitative estimate of drug-likeness (QED) is 0.847. The van der Waals surface area contributed by atoms with Crippen LogP contribution in [0.1, 0.15) is 27.0 Å². The van der Waals surface area contributed by atoms with Gasteiger partial charge in [0.1, 0.15) is 0 Å². The van der Waals surface area contributed by atoms with Crippen molar-refractivity contribution in [1.82, 2.24) is 5.32 Å². The van der Waals surface area contributed by atoms with Gasteiger partial charge in [0.25, 0.3) is 5.91 Å². The second-order valence-electron chi connectivity index (χ2n) is 4.83. The van der Waals surface area contributed by atoms with Gasteiger partial charge in [0.05, 0.1) is 10.7 Å². The van der Waals surface area contributed by atoms with Crippen LogP contribution in [0.5, 0.6) is 0 Å². The summed E-state index contributed by atoms with van der Waals surface area (Å²) < 4.78 is 0. The summed E-state index contributed by atoms with van der Waals surface area (Å²) in [5.74, 6) is -0.130. The van der Waals surface area contributed by atoms with E-state index in [0.717, 1.165) is 6.42 Å². The molecule has 106 valence electrons. The fourth-order valence-corrected chi connectivity index (χ4v) is 3.08. The van der Waals surface area contributed by atoms with Gasteiger partial charge in [-0.15, -0.1) is 11.3 Å². The number of thiophene rings is 1. The molecule has 0 saturated heterocycles. The number of hydrogen-bond donors (Lipinski definition) is 2. The fraction of sp³-hybridized carbons (Fsp3) is 0.267. The van der Waals surface area contributed by atoms with Crippen LogP contribution in [0.4, 0.5) is 5.69 Å². The van der Waals surface area contributed by atoms with Crippen LogP contribution in [0.2, 0.25) is 5.02 Å². The number of nitrogens with one attached hydrogen (secondary N) is 1. The second-order valence-corrected chi connectivity index (χ2v) is 6.61. The molecule has 1 unspecified atom stereocenters. The first-order valence-electron chi connectivity index (χ1n) is 6.37. The zero-order valence-electron chi connectivity index (χ0n) is 11.4. The summed E-state index contributed by atoms with van der Waals surface area (Å²) in [6.07, 6.45) is 0.827. The Balaban J connectivity index is 1.98. The maximum atomic E-state index is 12.1. The summed E-state index contributed by atoms with van der Waals surface area (Å²) in [4.78, 5) is 14.7. The number of carbonyl (C=O) groups is 1. The molecule has 0 aliphatic heterocycles. The first kappa shape index (κ1) is 14.9. The normalized spacial score (nSPS) is 12.2. The maximum absolute atomic E-state index is 12.1. The molecule has 3 nitrogen and oxygen atoms in total. The number of amides is 1. The highest BCUT2D eigenvalue weighted by atomic mass is 35.5. The van der Waals surface area contributed by atoms with Gasteiger partial charge < -0.3 is 11.1 Å². The number of benzene rings is 1. The summed E-state index contributed by atoms with van der Waals surface area (Å²) in [7, 11) is 0. The van der Waals surface area contributed by atoms with Crippen LogP contribution >= 0.6 is 22.9 Å². The van der Waals surface area contributed by atoms with Gasteiger partial charge in [-0.05, 0) is 44.2 Å². The monoisotopic (exact) mass is 308 g/mol. The molecule has 2 rings (SSSR count). The molecular weight excluding hydrogens is 292 g/mol.